The molecule has 0 saturated carbocycles. The average Bonchev–Trinajstić information content (AvgIpc) is 3.01. The highest BCUT2D eigenvalue weighted by molar-refractivity contribution is 5.66. The molecule has 0 atom stereocenters. The lowest BCUT2D eigenvalue weighted by atomic mass is 10.1. The van der Waals surface area contributed by atoms with Crippen LogP contribution in [0.1, 0.15) is 12.8 Å². The molecule has 2 aromatic rings. The number of imidazole rings is 1. The van der Waals surface area contributed by atoms with Crippen molar-refractivity contribution in [1.29, 1.82) is 0 Å². The maximum absolute atomic E-state index is 8.80. The van der Waals surface area contributed by atoms with E-state index in [-0.39, 0.29) is 12.7 Å². The molecule has 0 amide bonds. The zero-order valence-electron chi connectivity index (χ0n) is 11.8. The van der Waals surface area contributed by atoms with E-state index < -0.39 is 0 Å². The third kappa shape index (κ3) is 2.92. The number of nitrogen functional groups attached to an aromatic ring is 1. The van der Waals surface area contributed by atoms with Crippen LogP contribution in [0.4, 0.5) is 11.6 Å². The number of fused-ring (bicyclic) bond motifs is 1. The van der Waals surface area contributed by atoms with Crippen LogP contribution in [-0.2, 0) is 4.74 Å². The minimum absolute atomic E-state index is 0.0701. The number of ether oxygens (including phenoxy) is 1. The number of aliphatic hydroxyl groups excluding tert-OH is 1. The van der Waals surface area contributed by atoms with E-state index >= 15 is 0 Å². The van der Waals surface area contributed by atoms with Crippen LogP contribution in [0.5, 0.6) is 0 Å². The first kappa shape index (κ1) is 14.1. The summed E-state index contributed by atoms with van der Waals surface area (Å²) in [5.41, 5.74) is 3.41. The van der Waals surface area contributed by atoms with E-state index in [1.165, 1.54) is 0 Å². The molecular formula is C13H20N6O2. The quantitative estimate of drug-likeness (QED) is 0.526. The third-order valence-corrected chi connectivity index (χ3v) is 3.69. The molecular weight excluding hydrogens is 272 g/mol. The molecule has 8 heteroatoms. The number of hydrogen-bond donors (Lipinski definition) is 3. The van der Waals surface area contributed by atoms with Gasteiger partial charge in [0.25, 0.3) is 0 Å². The summed E-state index contributed by atoms with van der Waals surface area (Å²) in [4.78, 5) is 11.1. The number of hydrazine groups is 1. The first-order valence-corrected chi connectivity index (χ1v) is 7.09. The number of nitrogens with two attached hydrogens (primary N) is 1. The molecule has 2 aromatic heterocycles. The van der Waals surface area contributed by atoms with Crippen molar-refractivity contribution in [3.8, 4) is 0 Å². The van der Waals surface area contributed by atoms with Gasteiger partial charge in [-0.15, -0.1) is 0 Å². The molecule has 0 radical (unpaired) electrons. The number of piperidine rings is 1. The molecule has 1 saturated heterocycles. The van der Waals surface area contributed by atoms with Crippen molar-refractivity contribution in [3.05, 3.63) is 18.6 Å². The maximum Gasteiger partial charge on any atom is 0.180 e. The van der Waals surface area contributed by atoms with Crippen LogP contribution >= 0.6 is 0 Å². The molecule has 0 aromatic carbocycles. The number of hydrogen-bond acceptors (Lipinski definition) is 7. The molecule has 0 spiro atoms. The number of nitrogens with one attached hydrogen (secondary N) is 1. The Balaban J connectivity index is 1.77. The minimum Gasteiger partial charge on any atom is -0.394 e. The summed E-state index contributed by atoms with van der Waals surface area (Å²) in [5.74, 6) is 6.91. The van der Waals surface area contributed by atoms with E-state index in [0.717, 1.165) is 37.4 Å². The first-order valence-electron chi connectivity index (χ1n) is 7.09. The molecule has 3 rings (SSSR count). The molecule has 0 bridgehead atoms. The Kier molecular flexibility index (Phi) is 4.18. The van der Waals surface area contributed by atoms with Gasteiger partial charge in [0, 0.05) is 25.5 Å². The number of aromatic nitrogens is 3. The van der Waals surface area contributed by atoms with Gasteiger partial charge in [-0.25, -0.2) is 15.8 Å². The number of anilines is 2. The van der Waals surface area contributed by atoms with Crippen LogP contribution in [-0.4, -0.2) is 51.9 Å². The van der Waals surface area contributed by atoms with Crippen LogP contribution in [0.25, 0.3) is 5.65 Å². The van der Waals surface area contributed by atoms with Gasteiger partial charge in [-0.2, -0.15) is 0 Å². The van der Waals surface area contributed by atoms with E-state index in [4.69, 9.17) is 15.7 Å². The van der Waals surface area contributed by atoms with Crippen molar-refractivity contribution in [3.63, 3.8) is 0 Å². The van der Waals surface area contributed by atoms with Gasteiger partial charge in [0.15, 0.2) is 17.3 Å². The lowest BCUT2D eigenvalue weighted by molar-refractivity contribution is 0.0158. The van der Waals surface area contributed by atoms with E-state index in [2.05, 4.69) is 20.3 Å². The minimum atomic E-state index is 0.0701. The van der Waals surface area contributed by atoms with Crippen molar-refractivity contribution in [1.82, 2.24) is 14.4 Å². The maximum atomic E-state index is 8.80. The van der Waals surface area contributed by atoms with Crippen LogP contribution in [0.3, 0.4) is 0 Å². The highest BCUT2D eigenvalue weighted by Crippen LogP contribution is 2.24. The molecule has 8 nitrogen and oxygen atoms in total. The lowest BCUT2D eigenvalue weighted by Crippen LogP contribution is -2.38. The fourth-order valence-electron chi connectivity index (χ4n) is 2.65. The summed E-state index contributed by atoms with van der Waals surface area (Å²) in [5, 5.41) is 8.80. The third-order valence-electron chi connectivity index (χ3n) is 3.69. The molecule has 1 aliphatic heterocycles. The van der Waals surface area contributed by atoms with Crippen LogP contribution in [0.15, 0.2) is 18.6 Å². The summed E-state index contributed by atoms with van der Waals surface area (Å²) >= 11 is 0. The van der Waals surface area contributed by atoms with E-state index in [9.17, 15) is 0 Å². The molecule has 3 heterocycles. The second-order valence-corrected chi connectivity index (χ2v) is 5.03. The summed E-state index contributed by atoms with van der Waals surface area (Å²) in [6.45, 7) is 2.17. The zero-order valence-corrected chi connectivity index (χ0v) is 11.8. The predicted octanol–water partition coefficient (Wildman–Crippen LogP) is -0.00740. The monoisotopic (exact) mass is 292 g/mol. The van der Waals surface area contributed by atoms with Gasteiger partial charge < -0.3 is 24.6 Å². The molecule has 1 aliphatic rings. The fourth-order valence-corrected chi connectivity index (χ4v) is 2.65. The molecule has 114 valence electrons. The fraction of sp³-hybridized carbons (Fsp3) is 0.538. The van der Waals surface area contributed by atoms with Crippen molar-refractivity contribution in [2.75, 3.05) is 36.6 Å². The zero-order chi connectivity index (χ0) is 14.7. The largest absolute Gasteiger partial charge is 0.394 e. The molecule has 0 aliphatic carbocycles. The number of nitrogens with zero attached hydrogens (tertiary/aromatic N) is 4. The van der Waals surface area contributed by atoms with E-state index in [0.29, 0.717) is 12.4 Å². The van der Waals surface area contributed by atoms with Crippen LogP contribution < -0.4 is 16.2 Å². The van der Waals surface area contributed by atoms with Gasteiger partial charge in [-0.05, 0) is 12.8 Å². The molecule has 4 N–H and O–H groups in total. The van der Waals surface area contributed by atoms with Crippen molar-refractivity contribution >= 4 is 17.3 Å². The van der Waals surface area contributed by atoms with Gasteiger partial charge in [-0.1, -0.05) is 0 Å². The smallest absolute Gasteiger partial charge is 0.180 e. The van der Waals surface area contributed by atoms with Crippen LogP contribution in [0, 0.1) is 0 Å². The SMILES string of the molecule is NNc1cn2ccnc2c(N2CCC(OCCO)CC2)n1. The van der Waals surface area contributed by atoms with Gasteiger partial charge in [-0.3, -0.25) is 0 Å². The summed E-state index contributed by atoms with van der Waals surface area (Å²) in [7, 11) is 0. The summed E-state index contributed by atoms with van der Waals surface area (Å²) < 4.78 is 7.49. The lowest BCUT2D eigenvalue weighted by Gasteiger charge is -2.32. The van der Waals surface area contributed by atoms with Crippen molar-refractivity contribution in [2.45, 2.75) is 18.9 Å². The van der Waals surface area contributed by atoms with Gasteiger partial charge >= 0.3 is 0 Å². The Bertz CT molecular complexity index is 593. The second kappa shape index (κ2) is 6.25. The van der Waals surface area contributed by atoms with E-state index in [1.54, 1.807) is 6.20 Å². The first-order chi connectivity index (χ1) is 10.3. The normalized spacial score (nSPS) is 16.6. The Morgan fingerprint density at radius 3 is 2.95 bits per heavy atom. The standard InChI is InChI=1S/C13H20N6O2/c14-17-11-9-19-6-3-15-12(19)13(16-11)18-4-1-10(2-5-18)21-8-7-20/h3,6,9-10,17,20H,1-2,4-5,7-8,14H2. The van der Waals surface area contributed by atoms with Gasteiger partial charge in [0.1, 0.15) is 0 Å². The molecule has 0 unspecified atom stereocenters. The van der Waals surface area contributed by atoms with Crippen LogP contribution in [0.2, 0.25) is 0 Å². The van der Waals surface area contributed by atoms with E-state index in [1.807, 2.05) is 16.8 Å². The summed E-state index contributed by atoms with van der Waals surface area (Å²) in [6.07, 6.45) is 7.46. The predicted molar refractivity (Wildman–Crippen MR) is 79.1 cm³/mol. The Labute approximate surface area is 122 Å². The molecule has 1 fully saturated rings. The highest BCUT2D eigenvalue weighted by Gasteiger charge is 2.23. The average molecular weight is 292 g/mol. The summed E-state index contributed by atoms with van der Waals surface area (Å²) in [6, 6.07) is 0. The van der Waals surface area contributed by atoms with Gasteiger partial charge in [0.05, 0.1) is 25.5 Å². The Morgan fingerprint density at radius 2 is 2.24 bits per heavy atom. The van der Waals surface area contributed by atoms with Crippen molar-refractivity contribution in [2.24, 2.45) is 5.84 Å². The number of rotatable bonds is 5. The highest BCUT2D eigenvalue weighted by atomic mass is 16.5. The molecule has 21 heavy (non-hydrogen) atoms. The second-order valence-electron chi connectivity index (χ2n) is 5.03. The van der Waals surface area contributed by atoms with Gasteiger partial charge in [0.2, 0.25) is 0 Å². The topological polar surface area (TPSA) is 101 Å². The Morgan fingerprint density at radius 1 is 1.43 bits per heavy atom. The van der Waals surface area contributed by atoms with Crippen molar-refractivity contribution < 1.29 is 9.84 Å². The number of aliphatic hydroxyl groups is 1. The Hall–Kier alpha value is -1.90.